The summed E-state index contributed by atoms with van der Waals surface area (Å²) in [5.41, 5.74) is 1.79. The normalized spacial score (nSPS) is 10.9. The van der Waals surface area contributed by atoms with Gasteiger partial charge in [-0.25, -0.2) is 10.2 Å². The van der Waals surface area contributed by atoms with Crippen molar-refractivity contribution in [2.75, 3.05) is 7.11 Å². The zero-order valence-corrected chi connectivity index (χ0v) is 14.0. The molecule has 1 heterocycles. The van der Waals surface area contributed by atoms with E-state index in [0.717, 1.165) is 0 Å². The standard InChI is InChI=1S/C18H13N3O6/c1-26-14-5-6-16-12(8-14)9-15(18(23)27-16)17(22)20-19-10-11-3-2-4-13(7-11)21(24)25/h2-10H,1H3,(H,20,22). The highest BCUT2D eigenvalue weighted by atomic mass is 16.6. The Morgan fingerprint density at radius 3 is 2.81 bits per heavy atom. The number of hydrogen-bond donors (Lipinski definition) is 1. The Balaban J connectivity index is 1.81. The number of ether oxygens (including phenoxy) is 1. The molecule has 0 aliphatic rings. The molecule has 27 heavy (non-hydrogen) atoms. The van der Waals surface area contributed by atoms with Crippen molar-refractivity contribution in [1.29, 1.82) is 0 Å². The molecule has 0 aliphatic heterocycles. The molecule has 0 unspecified atom stereocenters. The minimum absolute atomic E-state index is 0.102. The number of amides is 1. The summed E-state index contributed by atoms with van der Waals surface area (Å²) in [5.74, 6) is -0.221. The lowest BCUT2D eigenvalue weighted by atomic mass is 10.1. The predicted molar refractivity (Wildman–Crippen MR) is 97.2 cm³/mol. The average Bonchev–Trinajstić information content (AvgIpc) is 2.67. The van der Waals surface area contributed by atoms with E-state index in [2.05, 4.69) is 10.5 Å². The third-order valence-electron chi connectivity index (χ3n) is 3.64. The van der Waals surface area contributed by atoms with Gasteiger partial charge in [0.25, 0.3) is 11.6 Å². The highest BCUT2D eigenvalue weighted by Gasteiger charge is 2.13. The molecule has 1 N–H and O–H groups in total. The molecule has 0 saturated carbocycles. The van der Waals surface area contributed by atoms with Crippen LogP contribution in [0.3, 0.4) is 0 Å². The number of benzene rings is 2. The van der Waals surface area contributed by atoms with Gasteiger partial charge in [0.2, 0.25) is 0 Å². The fourth-order valence-electron chi connectivity index (χ4n) is 2.33. The Hall–Kier alpha value is -4.01. The van der Waals surface area contributed by atoms with E-state index < -0.39 is 16.5 Å². The Morgan fingerprint density at radius 2 is 2.07 bits per heavy atom. The molecule has 9 heteroatoms. The number of nitro benzene ring substituents is 1. The zero-order valence-electron chi connectivity index (χ0n) is 14.0. The molecule has 3 rings (SSSR count). The topological polar surface area (TPSA) is 124 Å². The molecular weight excluding hydrogens is 354 g/mol. The van der Waals surface area contributed by atoms with Crippen LogP contribution in [0.15, 0.2) is 62.8 Å². The van der Waals surface area contributed by atoms with Crippen LogP contribution in [-0.4, -0.2) is 24.2 Å². The molecule has 1 amide bonds. The maximum atomic E-state index is 12.2. The Kier molecular flexibility index (Phi) is 4.93. The maximum absolute atomic E-state index is 12.2. The van der Waals surface area contributed by atoms with E-state index in [1.807, 2.05) is 0 Å². The number of fused-ring (bicyclic) bond motifs is 1. The first kappa shape index (κ1) is 17.8. The van der Waals surface area contributed by atoms with E-state index >= 15 is 0 Å². The first-order valence-corrected chi connectivity index (χ1v) is 7.67. The van der Waals surface area contributed by atoms with Crippen molar-refractivity contribution >= 4 is 28.8 Å². The molecule has 0 fully saturated rings. The van der Waals surface area contributed by atoms with Crippen molar-refractivity contribution < 1.29 is 18.9 Å². The molecule has 2 aromatic carbocycles. The van der Waals surface area contributed by atoms with Crippen LogP contribution in [0.4, 0.5) is 5.69 Å². The lowest BCUT2D eigenvalue weighted by Gasteiger charge is -2.03. The molecule has 0 spiro atoms. The number of carbonyl (C=O) groups is 1. The lowest BCUT2D eigenvalue weighted by molar-refractivity contribution is -0.384. The zero-order chi connectivity index (χ0) is 19.4. The number of carbonyl (C=O) groups excluding carboxylic acids is 1. The summed E-state index contributed by atoms with van der Waals surface area (Å²) in [6.45, 7) is 0. The molecule has 1 aromatic heterocycles. The molecule has 0 saturated heterocycles. The van der Waals surface area contributed by atoms with Crippen molar-refractivity contribution in [3.8, 4) is 5.75 Å². The Bertz CT molecular complexity index is 1120. The van der Waals surface area contributed by atoms with E-state index in [1.54, 1.807) is 24.3 Å². The summed E-state index contributed by atoms with van der Waals surface area (Å²) in [6.07, 6.45) is 1.23. The van der Waals surface area contributed by atoms with Gasteiger partial charge in [0.1, 0.15) is 16.9 Å². The number of hydrazone groups is 1. The summed E-state index contributed by atoms with van der Waals surface area (Å²) in [4.78, 5) is 34.4. The van der Waals surface area contributed by atoms with Crippen LogP contribution in [0.1, 0.15) is 15.9 Å². The van der Waals surface area contributed by atoms with Gasteiger partial charge in [-0.1, -0.05) is 12.1 Å². The van der Waals surface area contributed by atoms with Gasteiger partial charge in [-0.05, 0) is 24.3 Å². The quantitative estimate of drug-likeness (QED) is 0.320. The molecule has 9 nitrogen and oxygen atoms in total. The molecule has 0 aliphatic carbocycles. The van der Waals surface area contributed by atoms with Gasteiger partial charge in [0.15, 0.2) is 0 Å². The third kappa shape index (κ3) is 3.98. The number of rotatable bonds is 5. The largest absolute Gasteiger partial charge is 0.497 e. The first-order valence-electron chi connectivity index (χ1n) is 7.67. The minimum Gasteiger partial charge on any atom is -0.497 e. The molecule has 136 valence electrons. The van der Waals surface area contributed by atoms with E-state index in [-0.39, 0.29) is 11.3 Å². The SMILES string of the molecule is COc1ccc2oc(=O)c(C(=O)NN=Cc3cccc([N+](=O)[O-])c3)cc2c1. The van der Waals surface area contributed by atoms with Crippen molar-refractivity contribution in [1.82, 2.24) is 5.43 Å². The lowest BCUT2D eigenvalue weighted by Crippen LogP contribution is -2.24. The summed E-state index contributed by atoms with van der Waals surface area (Å²) < 4.78 is 10.2. The number of non-ortho nitro benzene ring substituents is 1. The summed E-state index contributed by atoms with van der Waals surface area (Å²) in [5, 5.41) is 15.0. The van der Waals surface area contributed by atoms with Crippen LogP contribution >= 0.6 is 0 Å². The summed E-state index contributed by atoms with van der Waals surface area (Å²) in [7, 11) is 1.50. The maximum Gasteiger partial charge on any atom is 0.349 e. The first-order chi connectivity index (χ1) is 13.0. The Labute approximate surface area is 152 Å². The van der Waals surface area contributed by atoms with Gasteiger partial charge >= 0.3 is 5.63 Å². The molecule has 0 atom stereocenters. The van der Waals surface area contributed by atoms with Gasteiger partial charge < -0.3 is 9.15 Å². The number of nitro groups is 1. The summed E-state index contributed by atoms with van der Waals surface area (Å²) in [6, 6.07) is 11.9. The molecular formula is C18H13N3O6. The van der Waals surface area contributed by atoms with Crippen molar-refractivity contribution in [2.24, 2.45) is 5.10 Å². The molecule has 0 bridgehead atoms. The second-order valence-electron chi connectivity index (χ2n) is 5.40. The smallest absolute Gasteiger partial charge is 0.349 e. The fourth-order valence-corrected chi connectivity index (χ4v) is 2.33. The highest BCUT2D eigenvalue weighted by molar-refractivity contribution is 5.97. The fraction of sp³-hybridized carbons (Fsp3) is 0.0556. The van der Waals surface area contributed by atoms with Gasteiger partial charge in [-0.2, -0.15) is 5.10 Å². The number of methoxy groups -OCH3 is 1. The molecule has 3 aromatic rings. The van der Waals surface area contributed by atoms with Crippen LogP contribution in [-0.2, 0) is 0 Å². The highest BCUT2D eigenvalue weighted by Crippen LogP contribution is 2.20. The van der Waals surface area contributed by atoms with E-state index in [9.17, 15) is 19.7 Å². The summed E-state index contributed by atoms with van der Waals surface area (Å²) >= 11 is 0. The second-order valence-corrected chi connectivity index (χ2v) is 5.40. The number of nitrogens with one attached hydrogen (secondary N) is 1. The Morgan fingerprint density at radius 1 is 1.26 bits per heavy atom. The molecule has 0 radical (unpaired) electrons. The van der Waals surface area contributed by atoms with Crippen LogP contribution in [0, 0.1) is 10.1 Å². The van der Waals surface area contributed by atoms with E-state index in [4.69, 9.17) is 9.15 Å². The van der Waals surface area contributed by atoms with E-state index in [0.29, 0.717) is 22.3 Å². The predicted octanol–water partition coefficient (Wildman–Crippen LogP) is 2.47. The van der Waals surface area contributed by atoms with Gasteiger partial charge in [-0.3, -0.25) is 14.9 Å². The van der Waals surface area contributed by atoms with Crippen molar-refractivity contribution in [2.45, 2.75) is 0 Å². The van der Waals surface area contributed by atoms with Gasteiger partial charge in [-0.15, -0.1) is 0 Å². The van der Waals surface area contributed by atoms with Gasteiger partial charge in [0.05, 0.1) is 18.2 Å². The van der Waals surface area contributed by atoms with Crippen molar-refractivity contribution in [3.05, 3.63) is 80.2 Å². The van der Waals surface area contributed by atoms with Crippen LogP contribution < -0.4 is 15.8 Å². The number of hydrogen-bond acceptors (Lipinski definition) is 7. The monoisotopic (exact) mass is 367 g/mol. The third-order valence-corrected chi connectivity index (χ3v) is 3.64. The van der Waals surface area contributed by atoms with Crippen molar-refractivity contribution in [3.63, 3.8) is 0 Å². The number of nitrogens with zero attached hydrogens (tertiary/aromatic N) is 2. The van der Waals surface area contributed by atoms with E-state index in [1.165, 1.54) is 37.6 Å². The van der Waals surface area contributed by atoms with Crippen LogP contribution in [0.25, 0.3) is 11.0 Å². The van der Waals surface area contributed by atoms with Gasteiger partial charge in [0, 0.05) is 23.1 Å². The second kappa shape index (κ2) is 7.48. The van der Waals surface area contributed by atoms with Crippen LogP contribution in [0.5, 0.6) is 5.75 Å². The minimum atomic E-state index is -0.810. The van der Waals surface area contributed by atoms with Crippen LogP contribution in [0.2, 0.25) is 0 Å². The average molecular weight is 367 g/mol.